The maximum atomic E-state index is 11.7. The molecule has 0 fully saturated rings. The second-order valence-electron chi connectivity index (χ2n) is 5.74. The van der Waals surface area contributed by atoms with Crippen LogP contribution in [-0.2, 0) is 4.79 Å². The molecule has 0 aliphatic heterocycles. The van der Waals surface area contributed by atoms with Gasteiger partial charge in [-0.25, -0.2) is 0 Å². The zero-order valence-electron chi connectivity index (χ0n) is 13.5. The van der Waals surface area contributed by atoms with Gasteiger partial charge in [0.1, 0.15) is 0 Å². The maximum absolute atomic E-state index is 11.7. The van der Waals surface area contributed by atoms with Crippen LogP contribution in [0.15, 0.2) is 0 Å². The van der Waals surface area contributed by atoms with Crippen LogP contribution in [0.5, 0.6) is 0 Å². The Morgan fingerprint density at radius 1 is 0.895 bits per heavy atom. The van der Waals surface area contributed by atoms with E-state index in [1.165, 1.54) is 57.8 Å². The Kier molecular flexibility index (Phi) is 13.5. The Hall–Kier alpha value is -0.530. The van der Waals surface area contributed by atoms with E-state index in [9.17, 15) is 4.79 Å². The van der Waals surface area contributed by atoms with Crippen molar-refractivity contribution in [1.82, 2.24) is 5.32 Å². The molecule has 0 heterocycles. The molecule has 114 valence electrons. The van der Waals surface area contributed by atoms with E-state index in [1.54, 1.807) is 0 Å². The van der Waals surface area contributed by atoms with Crippen molar-refractivity contribution in [3.05, 3.63) is 0 Å². The highest BCUT2D eigenvalue weighted by atomic mass is 16.1. The van der Waals surface area contributed by atoms with Crippen molar-refractivity contribution >= 4 is 5.91 Å². The number of rotatable bonds is 13. The van der Waals surface area contributed by atoms with E-state index in [2.05, 4.69) is 26.1 Å². The summed E-state index contributed by atoms with van der Waals surface area (Å²) < 4.78 is 0. The molecule has 0 saturated carbocycles. The largest absolute Gasteiger partial charge is 0.356 e. The minimum Gasteiger partial charge on any atom is -0.356 e. The van der Waals surface area contributed by atoms with Gasteiger partial charge in [0.25, 0.3) is 0 Å². The second kappa shape index (κ2) is 13.9. The number of hydrogen-bond acceptors (Lipinski definition) is 1. The maximum Gasteiger partial charge on any atom is 0.220 e. The number of carbonyl (C=O) groups excluding carboxylic acids is 1. The van der Waals surface area contributed by atoms with Crippen LogP contribution in [0, 0.1) is 5.92 Å². The lowest BCUT2D eigenvalue weighted by Gasteiger charge is -2.15. The van der Waals surface area contributed by atoms with Gasteiger partial charge in [0, 0.05) is 13.0 Å². The number of unbranched alkanes of at least 4 members (excludes halogenated alkanes) is 6. The summed E-state index contributed by atoms with van der Waals surface area (Å²) in [7, 11) is 0. The number of hydrogen-bond donors (Lipinski definition) is 1. The quantitative estimate of drug-likeness (QED) is 0.465. The summed E-state index contributed by atoms with van der Waals surface area (Å²) >= 11 is 0. The van der Waals surface area contributed by atoms with E-state index in [0.717, 1.165) is 19.4 Å². The van der Waals surface area contributed by atoms with E-state index in [0.29, 0.717) is 5.92 Å². The Morgan fingerprint density at radius 3 is 2.16 bits per heavy atom. The fourth-order valence-corrected chi connectivity index (χ4v) is 2.36. The van der Waals surface area contributed by atoms with Gasteiger partial charge in [-0.1, -0.05) is 72.1 Å². The van der Waals surface area contributed by atoms with Crippen LogP contribution < -0.4 is 5.32 Å². The lowest BCUT2D eigenvalue weighted by atomic mass is 9.99. The Bertz CT molecular complexity index is 203. The van der Waals surface area contributed by atoms with E-state index in [1.807, 2.05) is 0 Å². The third kappa shape index (κ3) is 12.3. The molecule has 0 spiro atoms. The van der Waals surface area contributed by atoms with Gasteiger partial charge < -0.3 is 5.32 Å². The van der Waals surface area contributed by atoms with Crippen LogP contribution in [0.3, 0.4) is 0 Å². The molecule has 0 aromatic rings. The van der Waals surface area contributed by atoms with Gasteiger partial charge in [0.05, 0.1) is 0 Å². The summed E-state index contributed by atoms with van der Waals surface area (Å²) in [5.41, 5.74) is 0. The van der Waals surface area contributed by atoms with E-state index in [4.69, 9.17) is 0 Å². The molecule has 0 radical (unpaired) electrons. The molecular formula is C17H35NO. The third-order valence-corrected chi connectivity index (χ3v) is 3.89. The van der Waals surface area contributed by atoms with E-state index in [-0.39, 0.29) is 5.91 Å². The zero-order valence-corrected chi connectivity index (χ0v) is 13.5. The SMILES string of the molecule is CCCCCCCCC(=O)NCC(CC)CCCC. The van der Waals surface area contributed by atoms with Crippen molar-refractivity contribution in [1.29, 1.82) is 0 Å². The van der Waals surface area contributed by atoms with Crippen molar-refractivity contribution in [3.63, 3.8) is 0 Å². The molecule has 0 rings (SSSR count). The molecule has 1 atom stereocenters. The molecule has 2 nitrogen and oxygen atoms in total. The van der Waals surface area contributed by atoms with Crippen molar-refractivity contribution < 1.29 is 4.79 Å². The van der Waals surface area contributed by atoms with Crippen LogP contribution >= 0.6 is 0 Å². The minimum atomic E-state index is 0.255. The molecule has 19 heavy (non-hydrogen) atoms. The molecule has 0 aliphatic carbocycles. The fraction of sp³-hybridized carbons (Fsp3) is 0.941. The average molecular weight is 269 g/mol. The molecule has 2 heteroatoms. The normalized spacial score (nSPS) is 12.4. The number of carbonyl (C=O) groups is 1. The fourth-order valence-electron chi connectivity index (χ4n) is 2.36. The molecule has 0 aromatic carbocycles. The molecule has 1 amide bonds. The van der Waals surface area contributed by atoms with Gasteiger partial charge >= 0.3 is 0 Å². The summed E-state index contributed by atoms with van der Waals surface area (Å²) in [5, 5.41) is 3.11. The van der Waals surface area contributed by atoms with E-state index < -0.39 is 0 Å². The summed E-state index contributed by atoms with van der Waals surface area (Å²) in [4.78, 5) is 11.7. The lowest BCUT2D eigenvalue weighted by Crippen LogP contribution is -2.28. The lowest BCUT2D eigenvalue weighted by molar-refractivity contribution is -0.121. The molecule has 0 saturated heterocycles. The predicted molar refractivity (Wildman–Crippen MR) is 84.3 cm³/mol. The second-order valence-corrected chi connectivity index (χ2v) is 5.74. The van der Waals surface area contributed by atoms with Crippen molar-refractivity contribution in [2.24, 2.45) is 5.92 Å². The van der Waals surface area contributed by atoms with Gasteiger partial charge in [-0.3, -0.25) is 4.79 Å². The average Bonchev–Trinajstić information content (AvgIpc) is 2.43. The van der Waals surface area contributed by atoms with Crippen LogP contribution in [-0.4, -0.2) is 12.5 Å². The van der Waals surface area contributed by atoms with Crippen molar-refractivity contribution in [2.45, 2.75) is 91.4 Å². The molecule has 0 aliphatic rings. The van der Waals surface area contributed by atoms with Crippen molar-refractivity contribution in [2.75, 3.05) is 6.54 Å². The first-order valence-corrected chi connectivity index (χ1v) is 8.51. The molecule has 0 bridgehead atoms. The van der Waals surface area contributed by atoms with Crippen molar-refractivity contribution in [3.8, 4) is 0 Å². The van der Waals surface area contributed by atoms with Gasteiger partial charge in [-0.2, -0.15) is 0 Å². The summed E-state index contributed by atoms with van der Waals surface area (Å²) in [6.45, 7) is 7.56. The topological polar surface area (TPSA) is 29.1 Å². The standard InChI is InChI=1S/C17H35NO/c1-4-7-9-10-11-12-14-17(19)18-15-16(6-3)13-8-5-2/h16H,4-15H2,1-3H3,(H,18,19). The minimum absolute atomic E-state index is 0.255. The monoisotopic (exact) mass is 269 g/mol. The van der Waals surface area contributed by atoms with Crippen LogP contribution in [0.2, 0.25) is 0 Å². The molecular weight excluding hydrogens is 234 g/mol. The van der Waals surface area contributed by atoms with Gasteiger partial charge in [0.2, 0.25) is 5.91 Å². The highest BCUT2D eigenvalue weighted by molar-refractivity contribution is 5.75. The Labute approximate surface area is 120 Å². The Morgan fingerprint density at radius 2 is 1.53 bits per heavy atom. The van der Waals surface area contributed by atoms with Crippen LogP contribution in [0.1, 0.15) is 91.4 Å². The Balaban J connectivity index is 3.46. The van der Waals surface area contributed by atoms with E-state index >= 15 is 0 Å². The molecule has 1 N–H and O–H groups in total. The number of amides is 1. The van der Waals surface area contributed by atoms with Gasteiger partial charge in [-0.15, -0.1) is 0 Å². The smallest absolute Gasteiger partial charge is 0.220 e. The summed E-state index contributed by atoms with van der Waals surface area (Å²) in [5.74, 6) is 0.930. The zero-order chi connectivity index (χ0) is 14.3. The number of nitrogens with one attached hydrogen (secondary N) is 1. The highest BCUT2D eigenvalue weighted by Crippen LogP contribution is 2.11. The van der Waals surface area contributed by atoms with Crippen LogP contribution in [0.25, 0.3) is 0 Å². The van der Waals surface area contributed by atoms with Gasteiger partial charge in [-0.05, 0) is 18.8 Å². The summed E-state index contributed by atoms with van der Waals surface area (Å²) in [6.07, 6.45) is 13.2. The summed E-state index contributed by atoms with van der Waals surface area (Å²) in [6, 6.07) is 0. The third-order valence-electron chi connectivity index (χ3n) is 3.89. The van der Waals surface area contributed by atoms with Crippen LogP contribution in [0.4, 0.5) is 0 Å². The first-order valence-electron chi connectivity index (χ1n) is 8.51. The first kappa shape index (κ1) is 18.5. The predicted octanol–water partition coefficient (Wildman–Crippen LogP) is 5.07. The first-order chi connectivity index (χ1) is 9.24. The molecule has 0 aromatic heterocycles. The van der Waals surface area contributed by atoms with Gasteiger partial charge in [0.15, 0.2) is 0 Å². The molecule has 1 unspecified atom stereocenters. The highest BCUT2D eigenvalue weighted by Gasteiger charge is 2.07.